The molecule has 0 amide bonds. The van der Waals surface area contributed by atoms with E-state index >= 15 is 0 Å². The van der Waals surface area contributed by atoms with Gasteiger partial charge in [0.1, 0.15) is 12.1 Å². The Morgan fingerprint density at radius 2 is 1.85 bits per heavy atom. The van der Waals surface area contributed by atoms with Crippen molar-refractivity contribution >= 4 is 11.5 Å². The molecular formula is C19H24N4O3. The number of benzene rings is 1. The van der Waals surface area contributed by atoms with Crippen molar-refractivity contribution in [2.45, 2.75) is 39.5 Å². The van der Waals surface area contributed by atoms with Crippen molar-refractivity contribution in [2.75, 3.05) is 18.0 Å². The first-order chi connectivity index (χ1) is 12.5. The third-order valence-electron chi connectivity index (χ3n) is 4.80. The zero-order valence-electron chi connectivity index (χ0n) is 15.4. The molecule has 0 N–H and O–H groups in total. The molecule has 0 aliphatic carbocycles. The molecule has 0 bridgehead atoms. The number of nitrogens with zero attached hydrogens (tertiary/aromatic N) is 4. The summed E-state index contributed by atoms with van der Waals surface area (Å²) in [6.07, 6.45) is 3.32. The fourth-order valence-electron chi connectivity index (χ4n) is 3.07. The number of rotatable bonds is 5. The molecule has 3 rings (SSSR count). The van der Waals surface area contributed by atoms with Crippen LogP contribution >= 0.6 is 0 Å². The summed E-state index contributed by atoms with van der Waals surface area (Å²) in [7, 11) is 0. The minimum atomic E-state index is -0.453. The molecule has 0 radical (unpaired) electrons. The van der Waals surface area contributed by atoms with Gasteiger partial charge in [-0.15, -0.1) is 0 Å². The molecule has 26 heavy (non-hydrogen) atoms. The molecule has 1 aliphatic rings. The van der Waals surface area contributed by atoms with Crippen molar-refractivity contribution in [1.82, 2.24) is 9.97 Å². The van der Waals surface area contributed by atoms with Gasteiger partial charge in [-0.3, -0.25) is 10.1 Å². The van der Waals surface area contributed by atoms with Gasteiger partial charge in [0.15, 0.2) is 0 Å². The third-order valence-corrected chi connectivity index (χ3v) is 4.80. The monoisotopic (exact) mass is 356 g/mol. The Balaban J connectivity index is 1.89. The van der Waals surface area contributed by atoms with E-state index in [2.05, 4.69) is 30.7 Å². The Morgan fingerprint density at radius 3 is 2.42 bits per heavy atom. The third kappa shape index (κ3) is 3.92. The summed E-state index contributed by atoms with van der Waals surface area (Å²) >= 11 is 0. The summed E-state index contributed by atoms with van der Waals surface area (Å²) in [6.45, 7) is 7.91. The van der Waals surface area contributed by atoms with Crippen molar-refractivity contribution in [3.63, 3.8) is 0 Å². The second kappa shape index (κ2) is 7.68. The van der Waals surface area contributed by atoms with Crippen LogP contribution in [0.5, 0.6) is 11.6 Å². The van der Waals surface area contributed by atoms with Crippen molar-refractivity contribution in [2.24, 2.45) is 5.92 Å². The molecule has 1 aromatic heterocycles. The Labute approximate surface area is 153 Å². The van der Waals surface area contributed by atoms with Gasteiger partial charge in [-0.2, -0.15) is 4.98 Å². The summed E-state index contributed by atoms with van der Waals surface area (Å²) in [5, 5.41) is 11.7. The van der Waals surface area contributed by atoms with Crippen LogP contribution in [0.1, 0.15) is 45.1 Å². The number of piperidine rings is 1. The van der Waals surface area contributed by atoms with Gasteiger partial charge >= 0.3 is 11.6 Å². The number of anilines is 1. The minimum Gasteiger partial charge on any atom is -0.434 e. The van der Waals surface area contributed by atoms with Crippen LogP contribution in [0, 0.1) is 16.0 Å². The lowest BCUT2D eigenvalue weighted by molar-refractivity contribution is -0.385. The van der Waals surface area contributed by atoms with Crippen LogP contribution in [-0.2, 0) is 0 Å². The highest BCUT2D eigenvalue weighted by Crippen LogP contribution is 2.37. The molecule has 0 atom stereocenters. The van der Waals surface area contributed by atoms with Gasteiger partial charge in [0.25, 0.3) is 0 Å². The second-order valence-corrected chi connectivity index (χ2v) is 7.10. The minimum absolute atomic E-state index is 0.0177. The maximum absolute atomic E-state index is 11.7. The number of ether oxygens (including phenoxy) is 1. The van der Waals surface area contributed by atoms with Gasteiger partial charge in [0.2, 0.25) is 5.82 Å². The summed E-state index contributed by atoms with van der Waals surface area (Å²) < 4.78 is 5.74. The molecule has 138 valence electrons. The number of aromatic nitrogens is 2. The first-order valence-corrected chi connectivity index (χ1v) is 8.98. The second-order valence-electron chi connectivity index (χ2n) is 7.10. The maximum Gasteiger partial charge on any atom is 0.373 e. The van der Waals surface area contributed by atoms with Crippen LogP contribution in [0.15, 0.2) is 30.6 Å². The Morgan fingerprint density at radius 1 is 1.19 bits per heavy atom. The van der Waals surface area contributed by atoms with Crippen LogP contribution in [-0.4, -0.2) is 28.0 Å². The van der Waals surface area contributed by atoms with E-state index in [0.29, 0.717) is 23.4 Å². The molecule has 1 fully saturated rings. The number of hydrogen-bond acceptors (Lipinski definition) is 6. The number of hydrogen-bond donors (Lipinski definition) is 0. The fourth-order valence-corrected chi connectivity index (χ4v) is 3.07. The molecule has 0 spiro atoms. The lowest BCUT2D eigenvalue weighted by Gasteiger charge is -2.30. The van der Waals surface area contributed by atoms with E-state index in [1.165, 1.54) is 11.9 Å². The summed E-state index contributed by atoms with van der Waals surface area (Å²) in [5.74, 6) is 1.88. The van der Waals surface area contributed by atoms with Crippen LogP contribution in [0.2, 0.25) is 0 Å². The van der Waals surface area contributed by atoms with Gasteiger partial charge in [-0.25, -0.2) is 4.98 Å². The van der Waals surface area contributed by atoms with Crippen LogP contribution in [0.3, 0.4) is 0 Å². The first kappa shape index (κ1) is 18.1. The lowest BCUT2D eigenvalue weighted by atomic mass is 9.99. The van der Waals surface area contributed by atoms with E-state index in [9.17, 15) is 10.1 Å². The topological polar surface area (TPSA) is 81.4 Å². The molecule has 0 saturated carbocycles. The molecule has 7 heteroatoms. The summed E-state index contributed by atoms with van der Waals surface area (Å²) in [6, 6.07) is 7.53. The lowest BCUT2D eigenvalue weighted by Crippen LogP contribution is -2.34. The van der Waals surface area contributed by atoms with E-state index in [4.69, 9.17) is 4.74 Å². The summed E-state index contributed by atoms with van der Waals surface area (Å²) in [5.41, 5.74) is 1.01. The summed E-state index contributed by atoms with van der Waals surface area (Å²) in [4.78, 5) is 21.4. The van der Waals surface area contributed by atoms with Gasteiger partial charge in [-0.1, -0.05) is 32.9 Å². The SMILES string of the molecule is CC1CCN(c2ncnc(Oc3ccc(C(C)C)cc3)c2[N+](=O)[O-])CC1. The standard InChI is InChI=1S/C19H24N4O3/c1-13(2)15-4-6-16(7-5-15)26-19-17(23(24)25)18(20-12-21-19)22-10-8-14(3)9-11-22/h4-7,12-14H,8-11H2,1-3H3. The molecule has 1 aliphatic heterocycles. The van der Waals surface area contributed by atoms with Gasteiger partial charge in [0.05, 0.1) is 4.92 Å². The average Bonchev–Trinajstić information content (AvgIpc) is 2.62. The Bertz CT molecular complexity index is 769. The van der Waals surface area contributed by atoms with E-state index in [1.807, 2.05) is 29.2 Å². The predicted molar refractivity (Wildman–Crippen MR) is 99.9 cm³/mol. The highest BCUT2D eigenvalue weighted by molar-refractivity contribution is 5.63. The molecule has 2 heterocycles. The highest BCUT2D eigenvalue weighted by Gasteiger charge is 2.30. The van der Waals surface area contributed by atoms with Crippen LogP contribution < -0.4 is 9.64 Å². The van der Waals surface area contributed by atoms with Crippen LogP contribution in [0.4, 0.5) is 11.5 Å². The van der Waals surface area contributed by atoms with Gasteiger partial charge in [-0.05, 0) is 42.4 Å². The van der Waals surface area contributed by atoms with Crippen molar-refractivity contribution in [1.29, 1.82) is 0 Å². The molecular weight excluding hydrogens is 332 g/mol. The predicted octanol–water partition coefficient (Wildman–Crippen LogP) is 4.54. The molecule has 2 aromatic rings. The normalized spacial score (nSPS) is 15.3. The molecule has 1 saturated heterocycles. The van der Waals surface area contributed by atoms with Crippen molar-refractivity contribution in [3.05, 3.63) is 46.3 Å². The fraction of sp³-hybridized carbons (Fsp3) is 0.474. The van der Waals surface area contributed by atoms with Crippen molar-refractivity contribution < 1.29 is 9.66 Å². The average molecular weight is 356 g/mol. The highest BCUT2D eigenvalue weighted by atomic mass is 16.6. The zero-order chi connectivity index (χ0) is 18.7. The Kier molecular flexibility index (Phi) is 5.35. The molecule has 0 unspecified atom stereocenters. The Hall–Kier alpha value is -2.70. The van der Waals surface area contributed by atoms with E-state index in [0.717, 1.165) is 25.9 Å². The van der Waals surface area contributed by atoms with Crippen LogP contribution in [0.25, 0.3) is 0 Å². The quantitative estimate of drug-likeness (QED) is 0.578. The molecule has 7 nitrogen and oxygen atoms in total. The van der Waals surface area contributed by atoms with Crippen molar-refractivity contribution in [3.8, 4) is 11.6 Å². The van der Waals surface area contributed by atoms with Gasteiger partial charge in [0, 0.05) is 13.1 Å². The van der Waals surface area contributed by atoms with E-state index < -0.39 is 4.92 Å². The first-order valence-electron chi connectivity index (χ1n) is 8.98. The maximum atomic E-state index is 11.7. The molecule has 1 aromatic carbocycles. The number of nitro groups is 1. The van der Waals surface area contributed by atoms with E-state index in [-0.39, 0.29) is 11.6 Å². The van der Waals surface area contributed by atoms with Gasteiger partial charge < -0.3 is 9.64 Å². The smallest absolute Gasteiger partial charge is 0.373 e. The largest absolute Gasteiger partial charge is 0.434 e. The zero-order valence-corrected chi connectivity index (χ0v) is 15.4. The van der Waals surface area contributed by atoms with E-state index in [1.54, 1.807) is 0 Å².